The van der Waals surface area contributed by atoms with Gasteiger partial charge >= 0.3 is 6.09 Å². The first-order valence-corrected chi connectivity index (χ1v) is 13.7. The predicted molar refractivity (Wildman–Crippen MR) is 139 cm³/mol. The van der Waals surface area contributed by atoms with Crippen molar-refractivity contribution in [2.24, 2.45) is 0 Å². The SMILES string of the molecule is CC(=O)[C@H]1CN([C@H]2c3ccc(Cl)cc3CCc3cc(Br)cnc32)CCN1C(=O)OC1CCCCC1. The van der Waals surface area contributed by atoms with E-state index in [1.807, 2.05) is 18.3 Å². The molecule has 0 radical (unpaired) electrons. The highest BCUT2D eigenvalue weighted by molar-refractivity contribution is 9.10. The summed E-state index contributed by atoms with van der Waals surface area (Å²) in [6.07, 6.45) is 8.41. The Kier molecular flexibility index (Phi) is 7.47. The van der Waals surface area contributed by atoms with Crippen LogP contribution in [0.1, 0.15) is 67.5 Å². The second-order valence-electron chi connectivity index (χ2n) is 9.90. The zero-order chi connectivity index (χ0) is 24.5. The number of pyridine rings is 1. The lowest BCUT2D eigenvalue weighted by molar-refractivity contribution is -0.124. The number of ketones is 1. The summed E-state index contributed by atoms with van der Waals surface area (Å²) in [6, 6.07) is 7.56. The van der Waals surface area contributed by atoms with E-state index in [1.54, 1.807) is 11.8 Å². The van der Waals surface area contributed by atoms with Gasteiger partial charge in [-0.25, -0.2) is 4.79 Å². The maximum absolute atomic E-state index is 13.1. The summed E-state index contributed by atoms with van der Waals surface area (Å²) in [5.74, 6) is -0.0239. The summed E-state index contributed by atoms with van der Waals surface area (Å²) >= 11 is 9.93. The molecule has 35 heavy (non-hydrogen) atoms. The molecule has 8 heteroatoms. The first-order valence-electron chi connectivity index (χ1n) is 12.5. The molecule has 2 aromatic rings. The fourth-order valence-electron chi connectivity index (χ4n) is 5.78. The number of halogens is 2. The zero-order valence-electron chi connectivity index (χ0n) is 20.0. The number of rotatable bonds is 3. The number of fused-ring (bicyclic) bond motifs is 2. The van der Waals surface area contributed by atoms with Crippen molar-refractivity contribution in [1.82, 2.24) is 14.8 Å². The van der Waals surface area contributed by atoms with Crippen molar-refractivity contribution in [2.45, 2.75) is 70.1 Å². The van der Waals surface area contributed by atoms with E-state index in [9.17, 15) is 9.59 Å². The van der Waals surface area contributed by atoms with Crippen LogP contribution in [-0.4, -0.2) is 58.4 Å². The van der Waals surface area contributed by atoms with Crippen LogP contribution in [0.3, 0.4) is 0 Å². The van der Waals surface area contributed by atoms with E-state index in [4.69, 9.17) is 21.3 Å². The van der Waals surface area contributed by atoms with Gasteiger partial charge in [-0.15, -0.1) is 0 Å². The standard InChI is InChI=1S/C27H31BrClN3O3/c1-17(33)24-16-31(11-12-32(24)27(34)35-22-5-3-2-4-6-22)26-23-10-9-21(29)14-18(23)7-8-19-13-20(28)15-30-25(19)26/h9-10,13-15,22,24,26H,2-8,11-12,16H2,1H3/t24-,26+/m1/s1. The molecular formula is C27H31BrClN3O3. The number of ether oxygens (including phenoxy) is 1. The Balaban J connectivity index is 1.44. The van der Waals surface area contributed by atoms with Gasteiger partial charge in [-0.05, 0) is 96.3 Å². The van der Waals surface area contributed by atoms with E-state index < -0.39 is 6.04 Å². The van der Waals surface area contributed by atoms with Crippen LogP contribution in [0, 0.1) is 0 Å². The Bertz CT molecular complexity index is 1070. The van der Waals surface area contributed by atoms with E-state index in [0.29, 0.717) is 19.6 Å². The molecule has 0 N–H and O–H groups in total. The van der Waals surface area contributed by atoms with Gasteiger partial charge in [0.2, 0.25) is 0 Å². The molecule has 6 nitrogen and oxygen atoms in total. The third-order valence-corrected chi connectivity index (χ3v) is 8.26. The number of aryl methyl sites for hydroxylation is 2. The van der Waals surface area contributed by atoms with Crippen LogP contribution >= 0.6 is 27.5 Å². The van der Waals surface area contributed by atoms with Gasteiger partial charge in [-0.1, -0.05) is 24.1 Å². The highest BCUT2D eigenvalue weighted by Gasteiger charge is 2.40. The molecule has 1 aromatic carbocycles. The smallest absolute Gasteiger partial charge is 0.410 e. The highest BCUT2D eigenvalue weighted by atomic mass is 79.9. The maximum atomic E-state index is 13.1. The number of carbonyl (C=O) groups is 2. The molecule has 0 bridgehead atoms. The number of hydrogen-bond donors (Lipinski definition) is 0. The van der Waals surface area contributed by atoms with Crippen molar-refractivity contribution in [3.63, 3.8) is 0 Å². The van der Waals surface area contributed by atoms with Gasteiger partial charge in [0.15, 0.2) is 5.78 Å². The van der Waals surface area contributed by atoms with Crippen molar-refractivity contribution in [3.8, 4) is 0 Å². The molecule has 0 unspecified atom stereocenters. The van der Waals surface area contributed by atoms with Crippen LogP contribution in [0.15, 0.2) is 34.9 Å². The zero-order valence-corrected chi connectivity index (χ0v) is 22.4. The number of amides is 1. The number of carbonyl (C=O) groups excluding carboxylic acids is 2. The first kappa shape index (κ1) is 24.7. The van der Waals surface area contributed by atoms with Gasteiger partial charge in [0.1, 0.15) is 12.1 Å². The third-order valence-electron chi connectivity index (χ3n) is 7.59. The lowest BCUT2D eigenvalue weighted by Gasteiger charge is -2.43. The highest BCUT2D eigenvalue weighted by Crippen LogP contribution is 2.38. The van der Waals surface area contributed by atoms with Crippen molar-refractivity contribution >= 4 is 39.4 Å². The van der Waals surface area contributed by atoms with Crippen LogP contribution < -0.4 is 0 Å². The molecule has 186 valence electrons. The number of hydrogen-bond acceptors (Lipinski definition) is 5. The third kappa shape index (κ3) is 5.27. The number of benzene rings is 1. The van der Waals surface area contributed by atoms with E-state index in [-0.39, 0.29) is 24.0 Å². The van der Waals surface area contributed by atoms with E-state index in [0.717, 1.165) is 53.7 Å². The van der Waals surface area contributed by atoms with Crippen LogP contribution in [0.5, 0.6) is 0 Å². The molecule has 0 spiro atoms. The largest absolute Gasteiger partial charge is 0.446 e. The van der Waals surface area contributed by atoms with Gasteiger partial charge in [-0.3, -0.25) is 19.6 Å². The number of aromatic nitrogens is 1. The normalized spacial score (nSPS) is 23.2. The van der Waals surface area contributed by atoms with E-state index in [1.165, 1.54) is 23.1 Å². The topological polar surface area (TPSA) is 62.7 Å². The Labute approximate surface area is 220 Å². The van der Waals surface area contributed by atoms with Gasteiger partial charge in [0.25, 0.3) is 0 Å². The number of piperazine rings is 1. The minimum atomic E-state index is -0.544. The summed E-state index contributed by atoms with van der Waals surface area (Å²) in [6.45, 7) is 3.09. The molecule has 2 aliphatic carbocycles. The minimum absolute atomic E-state index is 0.0239. The minimum Gasteiger partial charge on any atom is -0.446 e. The molecule has 1 amide bonds. The Hall–Kier alpha value is -1.96. The van der Waals surface area contributed by atoms with Crippen molar-refractivity contribution in [2.75, 3.05) is 19.6 Å². The van der Waals surface area contributed by atoms with Gasteiger partial charge in [0, 0.05) is 35.3 Å². The summed E-state index contributed by atoms with van der Waals surface area (Å²) in [4.78, 5) is 34.6. The molecule has 2 fully saturated rings. The van der Waals surface area contributed by atoms with E-state index >= 15 is 0 Å². The first-order chi connectivity index (χ1) is 16.9. The van der Waals surface area contributed by atoms with Crippen molar-refractivity contribution < 1.29 is 14.3 Å². The average molecular weight is 561 g/mol. The van der Waals surface area contributed by atoms with E-state index in [2.05, 4.69) is 33.0 Å². The lowest BCUT2D eigenvalue weighted by atomic mass is 9.95. The second kappa shape index (κ2) is 10.6. The molecule has 1 saturated carbocycles. The fourth-order valence-corrected chi connectivity index (χ4v) is 6.35. The molecule has 1 saturated heterocycles. The molecule has 1 aliphatic heterocycles. The summed E-state index contributed by atoms with van der Waals surface area (Å²) < 4.78 is 6.79. The summed E-state index contributed by atoms with van der Waals surface area (Å²) in [7, 11) is 0. The second-order valence-corrected chi connectivity index (χ2v) is 11.3. The molecule has 2 heterocycles. The monoisotopic (exact) mass is 559 g/mol. The predicted octanol–water partition coefficient (Wildman–Crippen LogP) is 5.73. The van der Waals surface area contributed by atoms with Gasteiger partial charge < -0.3 is 4.74 Å². The number of Topliss-reactive ketones (excluding diaryl/α,β-unsaturated/α-hetero) is 1. The molecule has 5 rings (SSSR count). The average Bonchev–Trinajstić information content (AvgIpc) is 3.00. The summed E-state index contributed by atoms with van der Waals surface area (Å²) in [5.41, 5.74) is 4.57. The van der Waals surface area contributed by atoms with Gasteiger partial charge in [0.05, 0.1) is 11.7 Å². The number of nitrogens with zero attached hydrogens (tertiary/aromatic N) is 3. The molecule has 1 aromatic heterocycles. The summed E-state index contributed by atoms with van der Waals surface area (Å²) in [5, 5.41) is 0.722. The van der Waals surface area contributed by atoms with Crippen molar-refractivity contribution in [1.29, 1.82) is 0 Å². The quantitative estimate of drug-likeness (QED) is 0.480. The maximum Gasteiger partial charge on any atom is 0.410 e. The van der Waals surface area contributed by atoms with Crippen LogP contribution in [0.4, 0.5) is 4.79 Å². The lowest BCUT2D eigenvalue weighted by Crippen LogP contribution is -2.59. The van der Waals surface area contributed by atoms with Crippen LogP contribution in [-0.2, 0) is 22.4 Å². The molecule has 2 atom stereocenters. The van der Waals surface area contributed by atoms with Crippen LogP contribution in [0.25, 0.3) is 0 Å². The van der Waals surface area contributed by atoms with Gasteiger partial charge in [-0.2, -0.15) is 0 Å². The Morgan fingerprint density at radius 3 is 2.63 bits per heavy atom. The Morgan fingerprint density at radius 1 is 1.09 bits per heavy atom. The fraction of sp³-hybridized carbons (Fsp3) is 0.519. The Morgan fingerprint density at radius 2 is 1.86 bits per heavy atom. The van der Waals surface area contributed by atoms with Crippen LogP contribution in [0.2, 0.25) is 5.02 Å². The molecular weight excluding hydrogens is 530 g/mol. The molecule has 3 aliphatic rings. The van der Waals surface area contributed by atoms with Crippen molar-refractivity contribution in [3.05, 3.63) is 62.3 Å².